The second kappa shape index (κ2) is 3.86. The predicted molar refractivity (Wildman–Crippen MR) is 52.2 cm³/mol. The number of alkyl halides is 3. The molecule has 1 aliphatic rings. The van der Waals surface area contributed by atoms with Gasteiger partial charge in [0.2, 0.25) is 0 Å². The number of carbonyl (C=O) groups is 1. The molecule has 0 spiro atoms. The second-order valence-corrected chi connectivity index (χ2v) is 4.61. The number of halogens is 3. The van der Waals surface area contributed by atoms with Crippen LogP contribution in [0.5, 0.6) is 0 Å². The molecule has 0 aromatic rings. The van der Waals surface area contributed by atoms with Crippen molar-refractivity contribution in [3.05, 3.63) is 0 Å². The van der Waals surface area contributed by atoms with Gasteiger partial charge in [0.1, 0.15) is 5.60 Å². The van der Waals surface area contributed by atoms with Gasteiger partial charge in [0.25, 0.3) is 5.72 Å². The number of nitrogens with zero attached hydrogens (tertiary/aromatic N) is 2. The van der Waals surface area contributed by atoms with Crippen molar-refractivity contribution in [3.63, 3.8) is 0 Å². The first-order valence-corrected chi connectivity index (χ1v) is 4.82. The highest BCUT2D eigenvalue weighted by molar-refractivity contribution is 5.74. The third-order valence-electron chi connectivity index (χ3n) is 1.94. The molecule has 1 aliphatic heterocycles. The largest absolute Gasteiger partial charge is 0.442 e. The Balaban J connectivity index is 2.90. The van der Waals surface area contributed by atoms with Gasteiger partial charge >= 0.3 is 12.3 Å². The Bertz CT molecular complexity index is 348. The quantitative estimate of drug-likeness (QED) is 0.717. The maximum atomic E-state index is 12.6. The minimum absolute atomic E-state index is 0.0851. The SMILES string of the molecule is CC(C)(C)OC(=O)N1N=CCC1(O)C(F)(F)F. The molecule has 1 N–H and O–H groups in total. The Hall–Kier alpha value is -1.31. The van der Waals surface area contributed by atoms with Crippen molar-refractivity contribution in [1.29, 1.82) is 0 Å². The highest BCUT2D eigenvalue weighted by atomic mass is 19.4. The van der Waals surface area contributed by atoms with E-state index >= 15 is 0 Å². The van der Waals surface area contributed by atoms with Crippen LogP contribution in [0.1, 0.15) is 27.2 Å². The van der Waals surface area contributed by atoms with Crippen molar-refractivity contribution in [2.45, 2.75) is 44.7 Å². The fourth-order valence-corrected chi connectivity index (χ4v) is 1.17. The molecule has 0 aliphatic carbocycles. The monoisotopic (exact) mass is 254 g/mol. The summed E-state index contributed by atoms with van der Waals surface area (Å²) in [6.07, 6.45) is -6.33. The van der Waals surface area contributed by atoms with E-state index in [0.717, 1.165) is 6.21 Å². The number of amides is 1. The first-order chi connectivity index (χ1) is 7.47. The lowest BCUT2D eigenvalue weighted by atomic mass is 10.1. The van der Waals surface area contributed by atoms with Crippen molar-refractivity contribution in [2.75, 3.05) is 0 Å². The second-order valence-electron chi connectivity index (χ2n) is 4.61. The molecule has 1 amide bonds. The summed E-state index contributed by atoms with van der Waals surface area (Å²) in [5.74, 6) is 0. The number of hydrogen-bond donors (Lipinski definition) is 1. The van der Waals surface area contributed by atoms with Gasteiger partial charge in [0, 0.05) is 12.6 Å². The van der Waals surface area contributed by atoms with E-state index in [2.05, 4.69) is 5.10 Å². The van der Waals surface area contributed by atoms with E-state index in [1.54, 1.807) is 0 Å². The molecule has 17 heavy (non-hydrogen) atoms. The zero-order chi connectivity index (χ0) is 13.5. The van der Waals surface area contributed by atoms with Crippen molar-refractivity contribution in [2.24, 2.45) is 5.10 Å². The average Bonchev–Trinajstić information content (AvgIpc) is 2.43. The molecule has 1 heterocycles. The van der Waals surface area contributed by atoms with Crippen LogP contribution < -0.4 is 0 Å². The molecule has 0 saturated heterocycles. The van der Waals surface area contributed by atoms with Gasteiger partial charge in [-0.25, -0.2) is 4.79 Å². The van der Waals surface area contributed by atoms with E-state index < -0.39 is 30.0 Å². The number of aliphatic hydroxyl groups is 1. The van der Waals surface area contributed by atoms with Crippen LogP contribution in [0.25, 0.3) is 0 Å². The first kappa shape index (κ1) is 13.8. The Labute approximate surface area is 95.8 Å². The number of rotatable bonds is 0. The Morgan fingerprint density at radius 2 is 2.00 bits per heavy atom. The van der Waals surface area contributed by atoms with Crippen LogP contribution in [0.4, 0.5) is 18.0 Å². The summed E-state index contributed by atoms with van der Waals surface area (Å²) in [6.45, 7) is 4.49. The van der Waals surface area contributed by atoms with E-state index in [1.807, 2.05) is 0 Å². The lowest BCUT2D eigenvalue weighted by Crippen LogP contribution is -2.57. The molecule has 0 aromatic carbocycles. The minimum atomic E-state index is -5.00. The Morgan fingerprint density at radius 3 is 2.41 bits per heavy atom. The summed E-state index contributed by atoms with van der Waals surface area (Å²) in [5, 5.41) is 12.5. The van der Waals surface area contributed by atoms with Crippen LogP contribution >= 0.6 is 0 Å². The molecular formula is C9H13F3N2O3. The fraction of sp³-hybridized carbons (Fsp3) is 0.778. The predicted octanol–water partition coefficient (Wildman–Crippen LogP) is 1.86. The van der Waals surface area contributed by atoms with E-state index in [-0.39, 0.29) is 5.01 Å². The van der Waals surface area contributed by atoms with Gasteiger partial charge in [0.15, 0.2) is 0 Å². The van der Waals surface area contributed by atoms with Gasteiger partial charge < -0.3 is 9.84 Å². The summed E-state index contributed by atoms with van der Waals surface area (Å²) in [4.78, 5) is 11.5. The van der Waals surface area contributed by atoms with Gasteiger partial charge in [-0.3, -0.25) is 0 Å². The topological polar surface area (TPSA) is 62.1 Å². The van der Waals surface area contributed by atoms with Gasteiger partial charge in [-0.2, -0.15) is 23.3 Å². The van der Waals surface area contributed by atoms with E-state index in [4.69, 9.17) is 4.74 Å². The van der Waals surface area contributed by atoms with E-state index in [1.165, 1.54) is 20.8 Å². The highest BCUT2D eigenvalue weighted by Gasteiger charge is 2.62. The molecule has 1 atom stereocenters. The van der Waals surface area contributed by atoms with Gasteiger partial charge in [0.05, 0.1) is 0 Å². The maximum absolute atomic E-state index is 12.6. The van der Waals surface area contributed by atoms with Crippen LogP contribution in [0.15, 0.2) is 5.10 Å². The molecule has 0 aromatic heterocycles. The fourth-order valence-electron chi connectivity index (χ4n) is 1.17. The third-order valence-corrected chi connectivity index (χ3v) is 1.94. The molecule has 0 saturated carbocycles. The maximum Gasteiger partial charge on any atom is 0.439 e. The third kappa shape index (κ3) is 2.68. The van der Waals surface area contributed by atoms with Crippen molar-refractivity contribution in [3.8, 4) is 0 Å². The zero-order valence-corrected chi connectivity index (χ0v) is 9.58. The lowest BCUT2D eigenvalue weighted by molar-refractivity contribution is -0.300. The smallest absolute Gasteiger partial charge is 0.439 e. The van der Waals surface area contributed by atoms with Crippen molar-refractivity contribution >= 4 is 12.3 Å². The average molecular weight is 254 g/mol. The zero-order valence-electron chi connectivity index (χ0n) is 9.58. The van der Waals surface area contributed by atoms with E-state index in [9.17, 15) is 23.1 Å². The number of hydrazone groups is 1. The molecular weight excluding hydrogens is 241 g/mol. The molecule has 0 bridgehead atoms. The molecule has 1 unspecified atom stereocenters. The van der Waals surface area contributed by atoms with Gasteiger partial charge in [-0.15, -0.1) is 0 Å². The van der Waals surface area contributed by atoms with Crippen molar-refractivity contribution in [1.82, 2.24) is 5.01 Å². The summed E-state index contributed by atoms with van der Waals surface area (Å²) < 4.78 is 42.6. The van der Waals surface area contributed by atoms with Crippen LogP contribution in [-0.2, 0) is 4.74 Å². The van der Waals surface area contributed by atoms with Crippen LogP contribution in [0.2, 0.25) is 0 Å². The number of carbonyl (C=O) groups excluding carboxylic acids is 1. The molecule has 98 valence electrons. The molecule has 0 radical (unpaired) electrons. The summed E-state index contributed by atoms with van der Waals surface area (Å²) >= 11 is 0. The lowest BCUT2D eigenvalue weighted by Gasteiger charge is -2.33. The Kier molecular flexibility index (Phi) is 3.13. The van der Waals surface area contributed by atoms with Crippen LogP contribution in [0, 0.1) is 0 Å². The van der Waals surface area contributed by atoms with Gasteiger partial charge in [-0.05, 0) is 20.8 Å². The van der Waals surface area contributed by atoms with Crippen molar-refractivity contribution < 1.29 is 27.8 Å². The number of hydrogen-bond acceptors (Lipinski definition) is 4. The Morgan fingerprint density at radius 1 is 1.47 bits per heavy atom. The van der Waals surface area contributed by atoms with Gasteiger partial charge in [-0.1, -0.05) is 0 Å². The molecule has 1 rings (SSSR count). The molecule has 8 heteroatoms. The summed E-state index contributed by atoms with van der Waals surface area (Å²) in [7, 11) is 0. The normalized spacial score (nSPS) is 25.2. The molecule has 5 nitrogen and oxygen atoms in total. The minimum Gasteiger partial charge on any atom is -0.442 e. The standard InChI is InChI=1S/C9H13F3N2O3/c1-7(2,3)17-6(15)14-8(16,4-5-13-14)9(10,11)12/h5,16H,4H2,1-3H3. The summed E-state index contributed by atoms with van der Waals surface area (Å²) in [5.41, 5.74) is -4.29. The van der Waals surface area contributed by atoms with Crippen LogP contribution in [-0.4, -0.2) is 39.9 Å². The van der Waals surface area contributed by atoms with E-state index in [0.29, 0.717) is 0 Å². The highest BCUT2D eigenvalue weighted by Crippen LogP contribution is 2.39. The van der Waals surface area contributed by atoms with Crippen LogP contribution in [0.3, 0.4) is 0 Å². The summed E-state index contributed by atoms with van der Waals surface area (Å²) in [6, 6.07) is 0. The first-order valence-electron chi connectivity index (χ1n) is 4.82. The molecule has 0 fully saturated rings. The number of ether oxygens (including phenoxy) is 1.